The van der Waals surface area contributed by atoms with Crippen LogP contribution < -0.4 is 10.6 Å². The Morgan fingerprint density at radius 1 is 1.16 bits per heavy atom. The molecule has 1 atom stereocenters. The third-order valence-electron chi connectivity index (χ3n) is 2.47. The van der Waals surface area contributed by atoms with Crippen molar-refractivity contribution in [2.45, 2.75) is 46.6 Å². The zero-order chi connectivity index (χ0) is 14.6. The van der Waals surface area contributed by atoms with Crippen molar-refractivity contribution in [1.29, 1.82) is 0 Å². The largest absolute Gasteiger partial charge is 0.344 e. The molecular weight excluding hydrogens is 264 g/mol. The Morgan fingerprint density at radius 2 is 1.79 bits per heavy atom. The number of carbonyl (C=O) groups excluding carboxylic acids is 2. The first-order chi connectivity index (χ1) is 8.81. The SMILES string of the molecule is CC(=O)N[C@H](C(=O)Nc1nnc(C(C)C)s1)C(C)C. The molecule has 0 saturated heterocycles. The number of hydrogen-bond acceptors (Lipinski definition) is 5. The average molecular weight is 284 g/mol. The standard InChI is InChI=1S/C12H20N4O2S/c1-6(2)9(13-8(5)17)10(18)14-12-16-15-11(19-12)7(3)4/h6-7,9H,1-5H3,(H,13,17)(H,14,16,18)/t9-/m0/s1. The van der Waals surface area contributed by atoms with Gasteiger partial charge in [0.25, 0.3) is 0 Å². The maximum Gasteiger partial charge on any atom is 0.249 e. The van der Waals surface area contributed by atoms with Crippen molar-refractivity contribution in [2.75, 3.05) is 5.32 Å². The Kier molecular flexibility index (Phi) is 5.41. The molecule has 0 unspecified atom stereocenters. The molecular formula is C12H20N4O2S. The topological polar surface area (TPSA) is 84.0 Å². The molecule has 0 radical (unpaired) electrons. The lowest BCUT2D eigenvalue weighted by Crippen LogP contribution is -2.46. The number of amides is 2. The van der Waals surface area contributed by atoms with Crippen LogP contribution in [-0.4, -0.2) is 28.1 Å². The minimum Gasteiger partial charge on any atom is -0.344 e. The third-order valence-corrected chi connectivity index (χ3v) is 3.61. The molecule has 0 aromatic carbocycles. The second-order valence-electron chi connectivity index (χ2n) is 5.01. The van der Waals surface area contributed by atoms with E-state index in [1.165, 1.54) is 18.3 Å². The van der Waals surface area contributed by atoms with Gasteiger partial charge in [0, 0.05) is 12.8 Å². The fourth-order valence-corrected chi connectivity index (χ4v) is 2.20. The molecule has 0 aliphatic carbocycles. The van der Waals surface area contributed by atoms with Gasteiger partial charge >= 0.3 is 0 Å². The van der Waals surface area contributed by atoms with E-state index in [0.717, 1.165) is 5.01 Å². The summed E-state index contributed by atoms with van der Waals surface area (Å²) in [6.45, 7) is 9.17. The Morgan fingerprint density at radius 3 is 2.21 bits per heavy atom. The molecule has 0 bridgehead atoms. The van der Waals surface area contributed by atoms with E-state index >= 15 is 0 Å². The van der Waals surface area contributed by atoms with Crippen LogP contribution in [0.4, 0.5) is 5.13 Å². The summed E-state index contributed by atoms with van der Waals surface area (Å²) in [5.41, 5.74) is 0. The van der Waals surface area contributed by atoms with Crippen LogP contribution in [-0.2, 0) is 9.59 Å². The number of nitrogens with one attached hydrogen (secondary N) is 2. The molecule has 6 nitrogen and oxygen atoms in total. The smallest absolute Gasteiger partial charge is 0.249 e. The van der Waals surface area contributed by atoms with Gasteiger partial charge in [-0.1, -0.05) is 39.0 Å². The fraction of sp³-hybridized carbons (Fsp3) is 0.667. The van der Waals surface area contributed by atoms with Crippen molar-refractivity contribution >= 4 is 28.3 Å². The van der Waals surface area contributed by atoms with Gasteiger partial charge in [-0.3, -0.25) is 14.9 Å². The maximum atomic E-state index is 12.1. The summed E-state index contributed by atoms with van der Waals surface area (Å²) in [4.78, 5) is 23.2. The monoisotopic (exact) mass is 284 g/mol. The van der Waals surface area contributed by atoms with Gasteiger partial charge in [-0.15, -0.1) is 10.2 Å². The quantitative estimate of drug-likeness (QED) is 0.863. The van der Waals surface area contributed by atoms with Gasteiger partial charge in [0.15, 0.2) is 0 Å². The lowest BCUT2D eigenvalue weighted by atomic mass is 10.0. The minimum absolute atomic E-state index is 0.00129. The van der Waals surface area contributed by atoms with E-state index in [-0.39, 0.29) is 23.7 Å². The Bertz CT molecular complexity index is 456. The fourth-order valence-electron chi connectivity index (χ4n) is 1.46. The predicted molar refractivity (Wildman–Crippen MR) is 75.1 cm³/mol. The number of hydrogen-bond donors (Lipinski definition) is 2. The molecule has 0 saturated carbocycles. The zero-order valence-electron chi connectivity index (χ0n) is 11.9. The molecule has 19 heavy (non-hydrogen) atoms. The van der Waals surface area contributed by atoms with Gasteiger partial charge in [-0.25, -0.2) is 0 Å². The van der Waals surface area contributed by atoms with Crippen LogP contribution in [0.2, 0.25) is 0 Å². The van der Waals surface area contributed by atoms with Gasteiger partial charge in [0.05, 0.1) is 0 Å². The van der Waals surface area contributed by atoms with Crippen molar-refractivity contribution in [2.24, 2.45) is 5.92 Å². The Labute approximate surface area is 117 Å². The number of nitrogens with zero attached hydrogens (tertiary/aromatic N) is 2. The molecule has 2 amide bonds. The van der Waals surface area contributed by atoms with Crippen LogP contribution in [0.3, 0.4) is 0 Å². The van der Waals surface area contributed by atoms with E-state index in [2.05, 4.69) is 20.8 Å². The molecule has 1 aromatic rings. The number of rotatable bonds is 5. The molecule has 2 N–H and O–H groups in total. The second kappa shape index (κ2) is 6.60. The third kappa shape index (κ3) is 4.59. The van der Waals surface area contributed by atoms with Gasteiger partial charge in [0.2, 0.25) is 16.9 Å². The number of carbonyl (C=O) groups is 2. The summed E-state index contributed by atoms with van der Waals surface area (Å²) in [5.74, 6) is -0.216. The molecule has 106 valence electrons. The zero-order valence-corrected chi connectivity index (χ0v) is 12.7. The maximum absolute atomic E-state index is 12.1. The highest BCUT2D eigenvalue weighted by atomic mass is 32.1. The normalized spacial score (nSPS) is 12.6. The molecule has 7 heteroatoms. The second-order valence-corrected chi connectivity index (χ2v) is 6.02. The summed E-state index contributed by atoms with van der Waals surface area (Å²) in [5, 5.41) is 14.6. The summed E-state index contributed by atoms with van der Waals surface area (Å²) in [6, 6.07) is -0.566. The highest BCUT2D eigenvalue weighted by Crippen LogP contribution is 2.22. The van der Waals surface area contributed by atoms with Crippen LogP contribution >= 0.6 is 11.3 Å². The first-order valence-corrected chi connectivity index (χ1v) is 7.04. The molecule has 0 fully saturated rings. The first-order valence-electron chi connectivity index (χ1n) is 6.22. The number of aromatic nitrogens is 2. The van der Waals surface area contributed by atoms with Gasteiger partial charge in [0.1, 0.15) is 11.0 Å². The molecule has 0 aliphatic rings. The summed E-state index contributed by atoms with van der Waals surface area (Å²) in [7, 11) is 0. The van der Waals surface area contributed by atoms with Gasteiger partial charge in [-0.2, -0.15) is 0 Å². The van der Waals surface area contributed by atoms with E-state index in [1.54, 1.807) is 0 Å². The average Bonchev–Trinajstić information content (AvgIpc) is 2.73. The van der Waals surface area contributed by atoms with Crippen LogP contribution in [0.15, 0.2) is 0 Å². The number of anilines is 1. The summed E-state index contributed by atoms with van der Waals surface area (Å²) >= 11 is 1.35. The van der Waals surface area contributed by atoms with E-state index < -0.39 is 6.04 Å². The van der Waals surface area contributed by atoms with Crippen LogP contribution in [0.25, 0.3) is 0 Å². The summed E-state index contributed by atoms with van der Waals surface area (Å²) < 4.78 is 0. The van der Waals surface area contributed by atoms with Crippen LogP contribution in [0.1, 0.15) is 45.5 Å². The van der Waals surface area contributed by atoms with Crippen molar-refractivity contribution in [1.82, 2.24) is 15.5 Å². The van der Waals surface area contributed by atoms with E-state index in [1.807, 2.05) is 27.7 Å². The summed E-state index contributed by atoms with van der Waals surface area (Å²) in [6.07, 6.45) is 0. The van der Waals surface area contributed by atoms with Crippen molar-refractivity contribution in [3.63, 3.8) is 0 Å². The molecule has 1 aromatic heterocycles. The highest BCUT2D eigenvalue weighted by Gasteiger charge is 2.24. The van der Waals surface area contributed by atoms with E-state index in [0.29, 0.717) is 5.13 Å². The van der Waals surface area contributed by atoms with Gasteiger partial charge in [-0.05, 0) is 5.92 Å². The van der Waals surface area contributed by atoms with E-state index in [9.17, 15) is 9.59 Å². The van der Waals surface area contributed by atoms with Crippen molar-refractivity contribution in [3.05, 3.63) is 5.01 Å². The molecule has 0 aliphatic heterocycles. The lowest BCUT2D eigenvalue weighted by molar-refractivity contribution is -0.126. The van der Waals surface area contributed by atoms with E-state index in [4.69, 9.17) is 0 Å². The molecule has 0 spiro atoms. The predicted octanol–water partition coefficient (Wildman–Crippen LogP) is 1.76. The minimum atomic E-state index is -0.566. The lowest BCUT2D eigenvalue weighted by Gasteiger charge is -2.19. The Hall–Kier alpha value is -1.50. The van der Waals surface area contributed by atoms with Crippen LogP contribution in [0, 0.1) is 5.92 Å². The molecule has 1 heterocycles. The van der Waals surface area contributed by atoms with Crippen LogP contribution in [0.5, 0.6) is 0 Å². The van der Waals surface area contributed by atoms with Gasteiger partial charge < -0.3 is 5.32 Å². The van der Waals surface area contributed by atoms with Crippen molar-refractivity contribution < 1.29 is 9.59 Å². The first kappa shape index (κ1) is 15.6. The highest BCUT2D eigenvalue weighted by molar-refractivity contribution is 7.15. The van der Waals surface area contributed by atoms with Crippen molar-refractivity contribution in [3.8, 4) is 0 Å². The molecule has 1 rings (SSSR count). The Balaban J connectivity index is 2.72.